The van der Waals surface area contributed by atoms with Crippen molar-refractivity contribution in [1.82, 2.24) is 4.98 Å². The SMILES string of the molecule is COc1ccc(C(O)CCC(O)c2cc(OC)c(OC)c(OC)c2)nc1OC. The molecule has 0 saturated carbocycles. The van der Waals surface area contributed by atoms with Gasteiger partial charge in [0.2, 0.25) is 5.75 Å². The van der Waals surface area contributed by atoms with Gasteiger partial charge in [0.15, 0.2) is 17.2 Å². The van der Waals surface area contributed by atoms with Gasteiger partial charge in [-0.1, -0.05) is 0 Å². The number of methoxy groups -OCH3 is 5. The highest BCUT2D eigenvalue weighted by Crippen LogP contribution is 2.40. The predicted octanol–water partition coefficient (Wildman–Crippen LogP) is 2.67. The van der Waals surface area contributed by atoms with E-state index < -0.39 is 12.2 Å². The van der Waals surface area contributed by atoms with Gasteiger partial charge in [0.05, 0.1) is 53.5 Å². The molecule has 1 aromatic carbocycles. The lowest BCUT2D eigenvalue weighted by Crippen LogP contribution is -2.06. The summed E-state index contributed by atoms with van der Waals surface area (Å²) in [6, 6.07) is 6.72. The fourth-order valence-electron chi connectivity index (χ4n) is 2.85. The second kappa shape index (κ2) is 10.0. The van der Waals surface area contributed by atoms with E-state index in [2.05, 4.69) is 4.98 Å². The fraction of sp³-hybridized carbons (Fsp3) is 0.450. The molecule has 8 heteroatoms. The van der Waals surface area contributed by atoms with E-state index in [0.717, 1.165) is 0 Å². The number of hydrogen-bond donors (Lipinski definition) is 2. The van der Waals surface area contributed by atoms with Crippen LogP contribution in [0.4, 0.5) is 0 Å². The summed E-state index contributed by atoms with van der Waals surface area (Å²) in [7, 11) is 7.54. The molecule has 2 atom stereocenters. The predicted molar refractivity (Wildman–Crippen MR) is 103 cm³/mol. The lowest BCUT2D eigenvalue weighted by atomic mass is 10.0. The molecule has 0 aliphatic carbocycles. The zero-order valence-corrected chi connectivity index (χ0v) is 16.8. The third-order valence-electron chi connectivity index (χ3n) is 4.39. The third kappa shape index (κ3) is 4.76. The van der Waals surface area contributed by atoms with Gasteiger partial charge >= 0.3 is 0 Å². The number of benzene rings is 1. The highest BCUT2D eigenvalue weighted by atomic mass is 16.5. The summed E-state index contributed by atoms with van der Waals surface area (Å²) < 4.78 is 26.2. The van der Waals surface area contributed by atoms with Crippen molar-refractivity contribution in [2.75, 3.05) is 35.5 Å². The van der Waals surface area contributed by atoms with E-state index in [1.807, 2.05) is 0 Å². The summed E-state index contributed by atoms with van der Waals surface area (Å²) >= 11 is 0. The maximum atomic E-state index is 10.6. The Morgan fingerprint density at radius 2 is 1.32 bits per heavy atom. The Morgan fingerprint density at radius 3 is 1.82 bits per heavy atom. The summed E-state index contributed by atoms with van der Waals surface area (Å²) in [5.74, 6) is 2.15. The Balaban J connectivity index is 2.12. The van der Waals surface area contributed by atoms with Crippen molar-refractivity contribution >= 4 is 0 Å². The minimum absolute atomic E-state index is 0.292. The van der Waals surface area contributed by atoms with Crippen LogP contribution in [-0.2, 0) is 0 Å². The van der Waals surface area contributed by atoms with Crippen LogP contribution in [0.15, 0.2) is 24.3 Å². The Hall–Kier alpha value is -2.71. The monoisotopic (exact) mass is 393 g/mol. The molecule has 0 amide bonds. The fourth-order valence-corrected chi connectivity index (χ4v) is 2.85. The van der Waals surface area contributed by atoms with Gasteiger partial charge in [0.25, 0.3) is 5.88 Å². The summed E-state index contributed by atoms with van der Waals surface area (Å²) in [6.45, 7) is 0. The van der Waals surface area contributed by atoms with Gasteiger partial charge in [-0.25, -0.2) is 4.98 Å². The second-order valence-electron chi connectivity index (χ2n) is 6.02. The van der Waals surface area contributed by atoms with Crippen LogP contribution in [0.2, 0.25) is 0 Å². The first-order valence-electron chi connectivity index (χ1n) is 8.73. The van der Waals surface area contributed by atoms with Crippen LogP contribution < -0.4 is 23.7 Å². The lowest BCUT2D eigenvalue weighted by molar-refractivity contribution is 0.111. The largest absolute Gasteiger partial charge is 0.493 e. The normalized spacial score (nSPS) is 12.8. The van der Waals surface area contributed by atoms with Crippen LogP contribution in [0.3, 0.4) is 0 Å². The average Bonchev–Trinajstić information content (AvgIpc) is 2.75. The molecular weight excluding hydrogens is 366 g/mol. The van der Waals surface area contributed by atoms with Crippen molar-refractivity contribution in [3.63, 3.8) is 0 Å². The van der Waals surface area contributed by atoms with Gasteiger partial charge < -0.3 is 33.9 Å². The van der Waals surface area contributed by atoms with Crippen molar-refractivity contribution in [3.05, 3.63) is 35.5 Å². The molecule has 0 spiro atoms. The van der Waals surface area contributed by atoms with Gasteiger partial charge in [0.1, 0.15) is 0 Å². The molecule has 2 unspecified atom stereocenters. The number of aliphatic hydroxyl groups is 2. The zero-order valence-electron chi connectivity index (χ0n) is 16.8. The van der Waals surface area contributed by atoms with Gasteiger partial charge in [0, 0.05) is 0 Å². The number of hydrogen-bond acceptors (Lipinski definition) is 8. The molecule has 0 fully saturated rings. The van der Waals surface area contributed by atoms with Crippen molar-refractivity contribution in [2.24, 2.45) is 0 Å². The zero-order chi connectivity index (χ0) is 20.7. The Bertz CT molecular complexity index is 756. The number of aliphatic hydroxyl groups excluding tert-OH is 2. The van der Waals surface area contributed by atoms with E-state index in [0.29, 0.717) is 53.0 Å². The molecule has 8 nitrogen and oxygen atoms in total. The molecule has 1 heterocycles. The van der Waals surface area contributed by atoms with Crippen molar-refractivity contribution in [3.8, 4) is 28.9 Å². The first-order chi connectivity index (χ1) is 13.5. The van der Waals surface area contributed by atoms with Crippen molar-refractivity contribution in [2.45, 2.75) is 25.0 Å². The second-order valence-corrected chi connectivity index (χ2v) is 6.02. The standard InChI is InChI=1S/C20H27NO7/c1-24-16-9-6-13(21-20(16)28-5)15(23)8-7-14(22)12-10-17(25-2)19(27-4)18(11-12)26-3/h6,9-11,14-15,22-23H,7-8H2,1-5H3. The number of nitrogens with zero attached hydrogens (tertiary/aromatic N) is 1. The molecule has 0 bridgehead atoms. The quantitative estimate of drug-likeness (QED) is 0.636. The highest BCUT2D eigenvalue weighted by molar-refractivity contribution is 5.54. The average molecular weight is 393 g/mol. The van der Waals surface area contributed by atoms with Crippen LogP contribution in [-0.4, -0.2) is 50.7 Å². The highest BCUT2D eigenvalue weighted by Gasteiger charge is 2.20. The summed E-state index contributed by atoms with van der Waals surface area (Å²) in [4.78, 5) is 4.25. The van der Waals surface area contributed by atoms with E-state index in [-0.39, 0.29) is 0 Å². The first-order valence-corrected chi connectivity index (χ1v) is 8.73. The summed E-state index contributed by atoms with van der Waals surface area (Å²) in [5, 5.41) is 21.0. The minimum atomic E-state index is -0.864. The van der Waals surface area contributed by atoms with E-state index in [1.54, 1.807) is 24.3 Å². The Labute approximate surface area is 164 Å². The van der Waals surface area contributed by atoms with Crippen LogP contribution in [0.5, 0.6) is 28.9 Å². The number of rotatable bonds is 10. The lowest BCUT2D eigenvalue weighted by Gasteiger charge is -2.18. The molecule has 2 aromatic rings. The molecule has 28 heavy (non-hydrogen) atoms. The number of pyridine rings is 1. The molecule has 2 N–H and O–H groups in total. The van der Waals surface area contributed by atoms with Crippen LogP contribution in [0, 0.1) is 0 Å². The molecule has 0 radical (unpaired) electrons. The maximum Gasteiger partial charge on any atom is 0.257 e. The van der Waals surface area contributed by atoms with E-state index >= 15 is 0 Å². The van der Waals surface area contributed by atoms with Crippen LogP contribution in [0.25, 0.3) is 0 Å². The Morgan fingerprint density at radius 1 is 0.750 bits per heavy atom. The van der Waals surface area contributed by atoms with Gasteiger partial charge in [-0.05, 0) is 42.7 Å². The maximum absolute atomic E-state index is 10.6. The first kappa shape index (κ1) is 21.6. The molecule has 0 aliphatic heterocycles. The molecule has 0 aliphatic rings. The molecule has 0 saturated heterocycles. The van der Waals surface area contributed by atoms with E-state index in [1.165, 1.54) is 35.5 Å². The van der Waals surface area contributed by atoms with Crippen LogP contribution in [0.1, 0.15) is 36.3 Å². The minimum Gasteiger partial charge on any atom is -0.493 e. The van der Waals surface area contributed by atoms with Crippen molar-refractivity contribution < 1.29 is 33.9 Å². The molecule has 154 valence electrons. The summed E-state index contributed by atoms with van der Waals surface area (Å²) in [5.41, 5.74) is 1.04. The number of aromatic nitrogens is 1. The smallest absolute Gasteiger partial charge is 0.257 e. The third-order valence-corrected chi connectivity index (χ3v) is 4.39. The van der Waals surface area contributed by atoms with Gasteiger partial charge in [-0.2, -0.15) is 0 Å². The topological polar surface area (TPSA) is 99.5 Å². The van der Waals surface area contributed by atoms with Gasteiger partial charge in [-0.3, -0.25) is 0 Å². The Kier molecular flexibility index (Phi) is 7.71. The number of ether oxygens (including phenoxy) is 5. The van der Waals surface area contributed by atoms with Gasteiger partial charge in [-0.15, -0.1) is 0 Å². The summed E-state index contributed by atoms with van der Waals surface area (Å²) in [6.07, 6.45) is -1.10. The van der Waals surface area contributed by atoms with E-state index in [4.69, 9.17) is 23.7 Å². The van der Waals surface area contributed by atoms with E-state index in [9.17, 15) is 10.2 Å². The van der Waals surface area contributed by atoms with Crippen LogP contribution >= 0.6 is 0 Å². The van der Waals surface area contributed by atoms with Crippen molar-refractivity contribution in [1.29, 1.82) is 0 Å². The molecule has 1 aromatic heterocycles. The molecule has 2 rings (SSSR count). The molecular formula is C20H27NO7.